The van der Waals surface area contributed by atoms with Crippen LogP contribution in [0.25, 0.3) is 0 Å². The standard InChI is InChI=1S/C17H14F4N2O/c18-14-7-6-12(17(19,20)21)9-13(14)16(24)22-15-3-1-2-8-23(15)10-11-4-5-11/h1-3,6-9,11H,4-5,10H2. The average molecular weight is 338 g/mol. The minimum absolute atomic E-state index is 0.297. The molecule has 0 aliphatic heterocycles. The van der Waals surface area contributed by atoms with E-state index in [0.29, 0.717) is 36.1 Å². The molecule has 2 aromatic rings. The fourth-order valence-corrected chi connectivity index (χ4v) is 2.33. The molecule has 1 fully saturated rings. The molecule has 0 bridgehead atoms. The van der Waals surface area contributed by atoms with E-state index in [2.05, 4.69) is 4.99 Å². The second kappa shape index (κ2) is 6.22. The van der Waals surface area contributed by atoms with E-state index in [0.717, 1.165) is 12.8 Å². The van der Waals surface area contributed by atoms with Gasteiger partial charge in [0.15, 0.2) is 0 Å². The average Bonchev–Trinajstić information content (AvgIpc) is 3.32. The van der Waals surface area contributed by atoms with Crippen molar-refractivity contribution in [3.63, 3.8) is 0 Å². The molecule has 0 radical (unpaired) electrons. The van der Waals surface area contributed by atoms with Gasteiger partial charge in [0.2, 0.25) is 0 Å². The van der Waals surface area contributed by atoms with Gasteiger partial charge >= 0.3 is 6.18 Å². The van der Waals surface area contributed by atoms with Gasteiger partial charge in [-0.2, -0.15) is 18.2 Å². The van der Waals surface area contributed by atoms with E-state index in [9.17, 15) is 22.4 Å². The van der Waals surface area contributed by atoms with Gasteiger partial charge in [0.25, 0.3) is 5.91 Å². The Morgan fingerprint density at radius 1 is 1.21 bits per heavy atom. The van der Waals surface area contributed by atoms with Crippen LogP contribution in [0.15, 0.2) is 47.6 Å². The Hall–Kier alpha value is -2.44. The normalized spacial score (nSPS) is 15.6. The Bertz CT molecular complexity index is 835. The van der Waals surface area contributed by atoms with Crippen LogP contribution in [0.1, 0.15) is 28.8 Å². The lowest BCUT2D eigenvalue weighted by Gasteiger charge is -2.08. The van der Waals surface area contributed by atoms with Crippen molar-refractivity contribution in [2.45, 2.75) is 25.6 Å². The Morgan fingerprint density at radius 2 is 1.96 bits per heavy atom. The highest BCUT2D eigenvalue weighted by Crippen LogP contribution is 2.31. The van der Waals surface area contributed by atoms with Crippen LogP contribution in [0, 0.1) is 11.7 Å². The molecule has 24 heavy (non-hydrogen) atoms. The third kappa shape index (κ3) is 3.72. The molecule has 126 valence electrons. The maximum absolute atomic E-state index is 13.8. The first kappa shape index (κ1) is 16.4. The summed E-state index contributed by atoms with van der Waals surface area (Å²) >= 11 is 0. The molecule has 7 heteroatoms. The van der Waals surface area contributed by atoms with E-state index < -0.39 is 29.0 Å². The Morgan fingerprint density at radius 3 is 2.62 bits per heavy atom. The van der Waals surface area contributed by atoms with Gasteiger partial charge in [-0.15, -0.1) is 0 Å². The van der Waals surface area contributed by atoms with E-state index in [1.807, 2.05) is 0 Å². The van der Waals surface area contributed by atoms with Gasteiger partial charge < -0.3 is 4.57 Å². The molecule has 1 aromatic carbocycles. The van der Waals surface area contributed by atoms with Gasteiger partial charge in [0.05, 0.1) is 11.1 Å². The third-order valence-electron chi connectivity index (χ3n) is 3.81. The maximum atomic E-state index is 13.8. The number of amides is 1. The zero-order valence-corrected chi connectivity index (χ0v) is 12.6. The van der Waals surface area contributed by atoms with Gasteiger partial charge in [0.1, 0.15) is 11.3 Å². The summed E-state index contributed by atoms with van der Waals surface area (Å²) in [7, 11) is 0. The predicted octanol–water partition coefficient (Wildman–Crippen LogP) is 3.80. The molecule has 1 aliphatic rings. The highest BCUT2D eigenvalue weighted by molar-refractivity contribution is 5.95. The number of carbonyl (C=O) groups is 1. The van der Waals surface area contributed by atoms with E-state index in [-0.39, 0.29) is 0 Å². The summed E-state index contributed by atoms with van der Waals surface area (Å²) in [5.41, 5.74) is -1.47. The van der Waals surface area contributed by atoms with Crippen molar-refractivity contribution >= 4 is 5.91 Å². The number of benzene rings is 1. The predicted molar refractivity (Wildman–Crippen MR) is 78.5 cm³/mol. The molecular weight excluding hydrogens is 324 g/mol. The Labute approximate surface area is 135 Å². The topological polar surface area (TPSA) is 34.4 Å². The van der Waals surface area contributed by atoms with Gasteiger partial charge in [0, 0.05) is 12.7 Å². The van der Waals surface area contributed by atoms with Crippen LogP contribution in [-0.4, -0.2) is 10.5 Å². The van der Waals surface area contributed by atoms with E-state index in [4.69, 9.17) is 0 Å². The Balaban J connectivity index is 1.98. The van der Waals surface area contributed by atoms with Gasteiger partial charge in [-0.05, 0) is 49.1 Å². The monoisotopic (exact) mass is 338 g/mol. The first-order valence-electron chi connectivity index (χ1n) is 7.46. The van der Waals surface area contributed by atoms with Crippen LogP contribution in [0.5, 0.6) is 0 Å². The lowest BCUT2D eigenvalue weighted by Crippen LogP contribution is -2.22. The molecule has 1 saturated carbocycles. The summed E-state index contributed by atoms with van der Waals surface area (Å²) in [6, 6.07) is 6.74. The quantitative estimate of drug-likeness (QED) is 0.784. The maximum Gasteiger partial charge on any atom is 0.416 e. The lowest BCUT2D eigenvalue weighted by atomic mass is 10.1. The molecule has 1 aliphatic carbocycles. The largest absolute Gasteiger partial charge is 0.416 e. The Kier molecular flexibility index (Phi) is 4.26. The van der Waals surface area contributed by atoms with Crippen LogP contribution in [0.3, 0.4) is 0 Å². The zero-order chi connectivity index (χ0) is 17.3. The van der Waals surface area contributed by atoms with Crippen LogP contribution >= 0.6 is 0 Å². The van der Waals surface area contributed by atoms with Crippen LogP contribution < -0.4 is 5.49 Å². The van der Waals surface area contributed by atoms with E-state index in [1.54, 1.807) is 29.0 Å². The van der Waals surface area contributed by atoms with Crippen molar-refractivity contribution in [3.05, 3.63) is 65.0 Å². The van der Waals surface area contributed by atoms with Gasteiger partial charge in [-0.1, -0.05) is 6.07 Å². The van der Waals surface area contributed by atoms with Crippen molar-refractivity contribution in [3.8, 4) is 0 Å². The highest BCUT2D eigenvalue weighted by atomic mass is 19.4. The minimum Gasteiger partial charge on any atom is -0.333 e. The summed E-state index contributed by atoms with van der Waals surface area (Å²) < 4.78 is 53.7. The summed E-state index contributed by atoms with van der Waals surface area (Å²) in [4.78, 5) is 16.0. The van der Waals surface area contributed by atoms with Crippen LogP contribution in [0.4, 0.5) is 17.6 Å². The zero-order valence-electron chi connectivity index (χ0n) is 12.6. The van der Waals surface area contributed by atoms with Crippen molar-refractivity contribution in [1.82, 2.24) is 4.57 Å². The molecule has 3 rings (SSSR count). The first-order valence-corrected chi connectivity index (χ1v) is 7.46. The fraction of sp³-hybridized carbons (Fsp3) is 0.294. The third-order valence-corrected chi connectivity index (χ3v) is 3.81. The highest BCUT2D eigenvalue weighted by Gasteiger charge is 2.32. The van der Waals surface area contributed by atoms with E-state index >= 15 is 0 Å². The molecule has 0 unspecified atom stereocenters. The molecule has 1 amide bonds. The number of pyridine rings is 1. The molecule has 0 spiro atoms. The summed E-state index contributed by atoms with van der Waals surface area (Å²) in [5.74, 6) is -1.54. The number of nitrogens with zero attached hydrogens (tertiary/aromatic N) is 2. The van der Waals surface area contributed by atoms with Crippen molar-refractivity contribution in [2.75, 3.05) is 0 Å². The van der Waals surface area contributed by atoms with Crippen LogP contribution in [-0.2, 0) is 12.7 Å². The second-order valence-corrected chi connectivity index (χ2v) is 5.76. The van der Waals surface area contributed by atoms with Gasteiger partial charge in [-0.25, -0.2) is 4.39 Å². The molecule has 0 atom stereocenters. The number of aromatic nitrogens is 1. The SMILES string of the molecule is O=C(N=c1ccccn1CC1CC1)c1cc(C(F)(F)F)ccc1F. The lowest BCUT2D eigenvalue weighted by molar-refractivity contribution is -0.137. The smallest absolute Gasteiger partial charge is 0.333 e. The molecule has 3 nitrogen and oxygen atoms in total. The number of hydrogen-bond donors (Lipinski definition) is 0. The van der Waals surface area contributed by atoms with Gasteiger partial charge in [-0.3, -0.25) is 4.79 Å². The molecule has 0 N–H and O–H groups in total. The number of rotatable bonds is 3. The fourth-order valence-electron chi connectivity index (χ4n) is 2.33. The summed E-state index contributed by atoms with van der Waals surface area (Å²) in [6.07, 6.45) is -0.719. The summed E-state index contributed by atoms with van der Waals surface area (Å²) in [5, 5.41) is 0. The number of alkyl halides is 3. The molecular formula is C17H14F4N2O. The second-order valence-electron chi connectivity index (χ2n) is 5.76. The summed E-state index contributed by atoms with van der Waals surface area (Å²) in [6.45, 7) is 0.679. The van der Waals surface area contributed by atoms with Crippen molar-refractivity contribution in [2.24, 2.45) is 10.9 Å². The number of hydrogen-bond acceptors (Lipinski definition) is 1. The van der Waals surface area contributed by atoms with E-state index in [1.165, 1.54) is 0 Å². The first-order chi connectivity index (χ1) is 11.3. The van der Waals surface area contributed by atoms with Crippen molar-refractivity contribution < 1.29 is 22.4 Å². The van der Waals surface area contributed by atoms with Crippen molar-refractivity contribution in [1.29, 1.82) is 0 Å². The molecule has 1 aromatic heterocycles. The van der Waals surface area contributed by atoms with Crippen LogP contribution in [0.2, 0.25) is 0 Å². The molecule has 1 heterocycles. The molecule has 0 saturated heterocycles. The number of halogens is 4. The minimum atomic E-state index is -4.65. The number of carbonyl (C=O) groups excluding carboxylic acids is 1.